The van der Waals surface area contributed by atoms with Crippen molar-refractivity contribution < 1.29 is 9.84 Å². The van der Waals surface area contributed by atoms with Crippen LogP contribution in [-0.4, -0.2) is 54.9 Å². The minimum atomic E-state index is -1.29. The van der Waals surface area contributed by atoms with Crippen molar-refractivity contribution in [3.05, 3.63) is 59.8 Å². The van der Waals surface area contributed by atoms with Gasteiger partial charge in [-0.05, 0) is 42.0 Å². The summed E-state index contributed by atoms with van der Waals surface area (Å²) in [5, 5.41) is 27.8. The summed E-state index contributed by atoms with van der Waals surface area (Å²) >= 11 is 0. The fraction of sp³-hybridized carbons (Fsp3) is 0.429. The monoisotopic (exact) mass is 471 g/mol. The Kier molecular flexibility index (Phi) is 7.43. The highest BCUT2D eigenvalue weighted by molar-refractivity contribution is 6.07. The third-order valence-electron chi connectivity index (χ3n) is 7.08. The molecule has 5 rings (SSSR count). The predicted octanol–water partition coefficient (Wildman–Crippen LogP) is 4.41. The lowest BCUT2D eigenvalue weighted by molar-refractivity contribution is -0.0846. The zero-order valence-electron chi connectivity index (χ0n) is 20.0. The normalized spacial score (nSPS) is 20.8. The van der Waals surface area contributed by atoms with E-state index in [1.165, 1.54) is 19.3 Å². The number of nitriles is 1. The summed E-state index contributed by atoms with van der Waals surface area (Å²) in [6, 6.07) is 18.5. The zero-order valence-corrected chi connectivity index (χ0v) is 20.0. The van der Waals surface area contributed by atoms with Crippen LogP contribution in [0.15, 0.2) is 64.8 Å². The van der Waals surface area contributed by atoms with Gasteiger partial charge in [-0.1, -0.05) is 55.7 Å². The molecule has 2 aromatic carbocycles. The van der Waals surface area contributed by atoms with Gasteiger partial charge < -0.3 is 25.4 Å². The average Bonchev–Trinajstić information content (AvgIpc) is 2.93. The van der Waals surface area contributed by atoms with Gasteiger partial charge in [0, 0.05) is 26.2 Å². The summed E-state index contributed by atoms with van der Waals surface area (Å²) in [4.78, 5) is 7.18. The number of ether oxygens (including phenoxy) is 1. The first-order chi connectivity index (χ1) is 17.2. The SMILES string of the molecule is N#C/C(=C1/Nc2ccc(-c3ccccc3)cc2N=C1N1CCNCC1)C(O)OCC1CCCCC1. The Hall–Kier alpha value is -3.18. The highest BCUT2D eigenvalue weighted by Crippen LogP contribution is 2.37. The molecule has 7 nitrogen and oxygen atoms in total. The van der Waals surface area contributed by atoms with Crippen molar-refractivity contribution in [3.8, 4) is 17.2 Å². The standard InChI is InChI=1S/C28H33N5O2/c29-18-23(28(34)35-19-20-7-3-1-4-8-20)26-27(33-15-13-30-14-16-33)32-25-17-22(11-12-24(25)31-26)21-9-5-2-6-10-21/h2,5-6,9-12,17,20,28,30-31,34H,1,3-4,7-8,13-16,19H2/b26-23-. The minimum absolute atomic E-state index is 0.177. The summed E-state index contributed by atoms with van der Waals surface area (Å²) in [7, 11) is 0. The van der Waals surface area contributed by atoms with Crippen molar-refractivity contribution in [3.63, 3.8) is 0 Å². The fourth-order valence-electron chi connectivity index (χ4n) is 5.09. The number of aliphatic hydroxyl groups is 1. The van der Waals surface area contributed by atoms with Crippen LogP contribution in [0.2, 0.25) is 0 Å². The summed E-state index contributed by atoms with van der Waals surface area (Å²) < 4.78 is 5.84. The number of amidine groups is 1. The van der Waals surface area contributed by atoms with Gasteiger partial charge in [-0.25, -0.2) is 4.99 Å². The van der Waals surface area contributed by atoms with Crippen molar-refractivity contribution in [2.75, 3.05) is 38.1 Å². The van der Waals surface area contributed by atoms with E-state index in [9.17, 15) is 10.4 Å². The molecular weight excluding hydrogens is 438 g/mol. The Morgan fingerprint density at radius 1 is 1.09 bits per heavy atom. The first-order valence-corrected chi connectivity index (χ1v) is 12.7. The number of hydrogen-bond acceptors (Lipinski definition) is 7. The highest BCUT2D eigenvalue weighted by atomic mass is 16.6. The van der Waals surface area contributed by atoms with Crippen molar-refractivity contribution >= 4 is 17.2 Å². The van der Waals surface area contributed by atoms with E-state index in [0.717, 1.165) is 61.5 Å². The van der Waals surface area contributed by atoms with E-state index in [2.05, 4.69) is 39.8 Å². The Balaban J connectivity index is 1.47. The molecule has 182 valence electrons. The van der Waals surface area contributed by atoms with Gasteiger partial charge >= 0.3 is 0 Å². The van der Waals surface area contributed by atoms with E-state index in [1.54, 1.807) is 0 Å². The fourth-order valence-corrected chi connectivity index (χ4v) is 5.09. The molecule has 35 heavy (non-hydrogen) atoms. The molecule has 0 radical (unpaired) electrons. The lowest BCUT2D eigenvalue weighted by Gasteiger charge is -2.34. The van der Waals surface area contributed by atoms with Gasteiger partial charge in [-0.3, -0.25) is 0 Å². The van der Waals surface area contributed by atoms with E-state index < -0.39 is 6.29 Å². The molecule has 1 saturated carbocycles. The molecule has 2 heterocycles. The van der Waals surface area contributed by atoms with Crippen LogP contribution < -0.4 is 10.6 Å². The number of aliphatic imine (C=N–C) groups is 1. The highest BCUT2D eigenvalue weighted by Gasteiger charge is 2.29. The molecule has 0 amide bonds. The largest absolute Gasteiger partial charge is 0.364 e. The average molecular weight is 472 g/mol. The number of piperazine rings is 1. The van der Waals surface area contributed by atoms with Gasteiger partial charge in [-0.2, -0.15) is 5.26 Å². The summed E-state index contributed by atoms with van der Waals surface area (Å²) in [5.41, 5.74) is 4.55. The van der Waals surface area contributed by atoms with Gasteiger partial charge in [0.1, 0.15) is 17.3 Å². The Labute approximate surface area is 207 Å². The van der Waals surface area contributed by atoms with Crippen LogP contribution in [0, 0.1) is 17.2 Å². The van der Waals surface area contributed by atoms with Crippen LogP contribution >= 0.6 is 0 Å². The van der Waals surface area contributed by atoms with E-state index in [0.29, 0.717) is 24.1 Å². The molecule has 0 aromatic heterocycles. The number of rotatable bonds is 5. The molecule has 1 atom stereocenters. The second-order valence-corrected chi connectivity index (χ2v) is 9.49. The third-order valence-corrected chi connectivity index (χ3v) is 7.08. The van der Waals surface area contributed by atoms with E-state index in [-0.39, 0.29) is 5.57 Å². The first kappa shape index (κ1) is 23.6. The lowest BCUT2D eigenvalue weighted by atomic mass is 9.90. The summed E-state index contributed by atoms with van der Waals surface area (Å²) in [6.45, 7) is 3.69. The zero-order chi connectivity index (χ0) is 24.0. The third kappa shape index (κ3) is 5.40. The van der Waals surface area contributed by atoms with Crippen LogP contribution in [0.25, 0.3) is 11.1 Å². The molecule has 1 aliphatic carbocycles. The maximum atomic E-state index is 10.9. The van der Waals surface area contributed by atoms with Crippen molar-refractivity contribution in [1.29, 1.82) is 5.26 Å². The van der Waals surface area contributed by atoms with Gasteiger partial charge in [-0.15, -0.1) is 0 Å². The molecule has 0 bridgehead atoms. The number of benzene rings is 2. The van der Waals surface area contributed by atoms with Gasteiger partial charge in [0.05, 0.1) is 18.0 Å². The topological polar surface area (TPSA) is 92.9 Å². The second kappa shape index (κ2) is 11.0. The van der Waals surface area contributed by atoms with E-state index >= 15 is 0 Å². The van der Waals surface area contributed by atoms with Crippen LogP contribution in [0.4, 0.5) is 11.4 Å². The van der Waals surface area contributed by atoms with Crippen LogP contribution in [0.5, 0.6) is 0 Å². The number of hydrogen-bond donors (Lipinski definition) is 3. The summed E-state index contributed by atoms with van der Waals surface area (Å²) in [6.07, 6.45) is 4.63. The number of aliphatic hydroxyl groups excluding tert-OH is 1. The number of nitrogens with zero attached hydrogens (tertiary/aromatic N) is 3. The number of anilines is 1. The van der Waals surface area contributed by atoms with Crippen molar-refractivity contribution in [2.24, 2.45) is 10.9 Å². The summed E-state index contributed by atoms with van der Waals surface area (Å²) in [5.74, 6) is 1.13. The van der Waals surface area contributed by atoms with Gasteiger partial charge in [0.15, 0.2) is 12.1 Å². The smallest absolute Gasteiger partial charge is 0.193 e. The molecule has 3 N–H and O–H groups in total. The molecule has 7 heteroatoms. The number of nitrogens with one attached hydrogen (secondary N) is 2. The van der Waals surface area contributed by atoms with Crippen LogP contribution in [-0.2, 0) is 4.74 Å². The molecule has 2 aliphatic heterocycles. The molecule has 1 saturated heterocycles. The molecular formula is C28H33N5O2. The second-order valence-electron chi connectivity index (χ2n) is 9.49. The van der Waals surface area contributed by atoms with E-state index in [1.807, 2.05) is 30.3 Å². The van der Waals surface area contributed by atoms with Gasteiger partial charge in [0.2, 0.25) is 0 Å². The van der Waals surface area contributed by atoms with Crippen LogP contribution in [0.1, 0.15) is 32.1 Å². The maximum Gasteiger partial charge on any atom is 0.193 e. The minimum Gasteiger partial charge on any atom is -0.364 e. The molecule has 0 spiro atoms. The Morgan fingerprint density at radius 2 is 1.86 bits per heavy atom. The molecule has 2 aromatic rings. The van der Waals surface area contributed by atoms with Crippen molar-refractivity contribution in [1.82, 2.24) is 10.2 Å². The van der Waals surface area contributed by atoms with Gasteiger partial charge in [0.25, 0.3) is 0 Å². The number of fused-ring (bicyclic) bond motifs is 1. The lowest BCUT2D eigenvalue weighted by Crippen LogP contribution is -2.48. The Bertz CT molecular complexity index is 1130. The first-order valence-electron chi connectivity index (χ1n) is 12.7. The van der Waals surface area contributed by atoms with Crippen LogP contribution in [0.3, 0.4) is 0 Å². The maximum absolute atomic E-state index is 10.9. The van der Waals surface area contributed by atoms with Crippen molar-refractivity contribution in [2.45, 2.75) is 38.4 Å². The predicted molar refractivity (Wildman–Crippen MR) is 138 cm³/mol. The quantitative estimate of drug-likeness (QED) is 0.442. The molecule has 3 aliphatic rings. The molecule has 2 fully saturated rings. The van der Waals surface area contributed by atoms with E-state index in [4.69, 9.17) is 9.73 Å². The molecule has 1 unspecified atom stereocenters. The Morgan fingerprint density at radius 3 is 2.60 bits per heavy atom.